The van der Waals surface area contributed by atoms with E-state index in [1.54, 1.807) is 16.9 Å². The number of nitrogens with one attached hydrogen (secondary N) is 2. The lowest BCUT2D eigenvalue weighted by Crippen LogP contribution is -2.30. The van der Waals surface area contributed by atoms with E-state index in [0.29, 0.717) is 12.4 Å². The second-order valence-corrected chi connectivity index (χ2v) is 6.27. The fourth-order valence-electron chi connectivity index (χ4n) is 3.17. The predicted octanol–water partition coefficient (Wildman–Crippen LogP) is 2.51. The van der Waals surface area contributed by atoms with E-state index in [1.165, 1.54) is 6.42 Å². The van der Waals surface area contributed by atoms with Gasteiger partial charge in [-0.25, -0.2) is 9.48 Å². The van der Waals surface area contributed by atoms with Crippen LogP contribution >= 0.6 is 0 Å². The standard InChI is InChI=1S/C18H21N7O/c26-18(19-13-17-23-22-16-9-5-2-6-12-24(16)17)21-15-10-11-20-25(15)14-7-3-1-4-8-14/h1,3-4,7-8,10-11H,2,5-6,9,12-13H2,(H2,19,21,26). The lowest BCUT2D eigenvalue weighted by Gasteiger charge is -2.11. The molecule has 0 atom stereocenters. The number of benzene rings is 1. The van der Waals surface area contributed by atoms with Crippen LogP contribution in [0.2, 0.25) is 0 Å². The molecule has 0 radical (unpaired) electrons. The van der Waals surface area contributed by atoms with Gasteiger partial charge in [-0.3, -0.25) is 5.32 Å². The molecule has 8 heteroatoms. The van der Waals surface area contributed by atoms with Crippen LogP contribution in [-0.4, -0.2) is 30.6 Å². The van der Waals surface area contributed by atoms with Crippen molar-refractivity contribution in [2.45, 2.75) is 38.8 Å². The molecule has 3 aromatic rings. The highest BCUT2D eigenvalue weighted by molar-refractivity contribution is 5.88. The zero-order chi connectivity index (χ0) is 17.8. The van der Waals surface area contributed by atoms with Crippen LogP contribution in [-0.2, 0) is 19.5 Å². The second kappa shape index (κ2) is 7.38. The Morgan fingerprint density at radius 1 is 1.08 bits per heavy atom. The molecule has 134 valence electrons. The first-order chi connectivity index (χ1) is 12.8. The average molecular weight is 351 g/mol. The smallest absolute Gasteiger partial charge is 0.320 e. The van der Waals surface area contributed by atoms with Crippen LogP contribution in [0, 0.1) is 0 Å². The third-order valence-electron chi connectivity index (χ3n) is 4.48. The van der Waals surface area contributed by atoms with E-state index >= 15 is 0 Å². The van der Waals surface area contributed by atoms with Gasteiger partial charge in [0.1, 0.15) is 11.6 Å². The first-order valence-corrected chi connectivity index (χ1v) is 8.86. The fourth-order valence-corrected chi connectivity index (χ4v) is 3.17. The summed E-state index contributed by atoms with van der Waals surface area (Å²) in [6, 6.07) is 11.1. The van der Waals surface area contributed by atoms with Crippen LogP contribution in [0.25, 0.3) is 5.69 Å². The minimum atomic E-state index is -0.298. The van der Waals surface area contributed by atoms with E-state index in [1.807, 2.05) is 30.3 Å². The van der Waals surface area contributed by atoms with E-state index < -0.39 is 0 Å². The van der Waals surface area contributed by atoms with Crippen LogP contribution in [0.15, 0.2) is 42.6 Å². The highest BCUT2D eigenvalue weighted by Gasteiger charge is 2.15. The molecule has 2 aromatic heterocycles. The number of hydrogen-bond acceptors (Lipinski definition) is 4. The summed E-state index contributed by atoms with van der Waals surface area (Å²) in [7, 11) is 0. The maximum Gasteiger partial charge on any atom is 0.320 e. The molecule has 3 heterocycles. The highest BCUT2D eigenvalue weighted by atomic mass is 16.2. The summed E-state index contributed by atoms with van der Waals surface area (Å²) in [5.41, 5.74) is 0.885. The summed E-state index contributed by atoms with van der Waals surface area (Å²) >= 11 is 0. The molecule has 0 bridgehead atoms. The van der Waals surface area contributed by atoms with E-state index in [4.69, 9.17) is 0 Å². The van der Waals surface area contributed by atoms with Crippen LogP contribution in [0.5, 0.6) is 0 Å². The maximum atomic E-state index is 12.3. The van der Waals surface area contributed by atoms with Crippen LogP contribution in [0.3, 0.4) is 0 Å². The molecule has 1 aliphatic rings. The summed E-state index contributed by atoms with van der Waals surface area (Å²) in [6.45, 7) is 1.26. The molecule has 0 saturated heterocycles. The number of carbonyl (C=O) groups excluding carboxylic acids is 1. The lowest BCUT2D eigenvalue weighted by atomic mass is 10.2. The molecule has 26 heavy (non-hydrogen) atoms. The van der Waals surface area contributed by atoms with Crippen LogP contribution in [0.1, 0.15) is 30.9 Å². The molecule has 1 aliphatic heterocycles. The Morgan fingerprint density at radius 3 is 2.85 bits per heavy atom. The number of aryl methyl sites for hydroxylation is 1. The van der Waals surface area contributed by atoms with Crippen LogP contribution < -0.4 is 10.6 Å². The van der Waals surface area contributed by atoms with Crippen molar-refractivity contribution in [2.24, 2.45) is 0 Å². The topological polar surface area (TPSA) is 89.7 Å². The van der Waals surface area contributed by atoms with Gasteiger partial charge in [0.05, 0.1) is 18.4 Å². The number of aromatic nitrogens is 5. The Kier molecular flexibility index (Phi) is 4.63. The molecule has 4 rings (SSSR count). The second-order valence-electron chi connectivity index (χ2n) is 6.27. The maximum absolute atomic E-state index is 12.3. The molecule has 2 amide bonds. The largest absolute Gasteiger partial charge is 0.331 e. The molecule has 2 N–H and O–H groups in total. The van der Waals surface area contributed by atoms with Gasteiger partial charge in [-0.1, -0.05) is 24.6 Å². The fraction of sp³-hybridized carbons (Fsp3) is 0.333. The normalized spacial score (nSPS) is 13.7. The number of rotatable bonds is 4. The minimum Gasteiger partial charge on any atom is -0.331 e. The van der Waals surface area contributed by atoms with Gasteiger partial charge in [0.15, 0.2) is 5.82 Å². The average Bonchev–Trinajstić information content (AvgIpc) is 3.21. The number of amides is 2. The van der Waals surface area contributed by atoms with E-state index in [-0.39, 0.29) is 6.03 Å². The first-order valence-electron chi connectivity index (χ1n) is 8.86. The van der Waals surface area contributed by atoms with E-state index in [9.17, 15) is 4.79 Å². The Hall–Kier alpha value is -3.16. The lowest BCUT2D eigenvalue weighted by molar-refractivity contribution is 0.251. The van der Waals surface area contributed by atoms with Crippen molar-refractivity contribution in [1.82, 2.24) is 29.9 Å². The highest BCUT2D eigenvalue weighted by Crippen LogP contribution is 2.15. The molecular formula is C18H21N7O. The summed E-state index contributed by atoms with van der Waals surface area (Å²) in [4.78, 5) is 12.3. The Morgan fingerprint density at radius 2 is 1.96 bits per heavy atom. The van der Waals surface area contributed by atoms with E-state index in [0.717, 1.165) is 43.1 Å². The van der Waals surface area contributed by atoms with Gasteiger partial charge in [0.2, 0.25) is 0 Å². The van der Waals surface area contributed by atoms with Crippen molar-refractivity contribution in [2.75, 3.05) is 5.32 Å². The van der Waals surface area contributed by atoms with E-state index in [2.05, 4.69) is 30.5 Å². The SMILES string of the molecule is O=C(NCc1nnc2n1CCCCC2)Nc1ccnn1-c1ccccc1. The van der Waals surface area contributed by atoms with Gasteiger partial charge < -0.3 is 9.88 Å². The quantitative estimate of drug-likeness (QED) is 0.756. The van der Waals surface area contributed by atoms with Gasteiger partial charge in [0.25, 0.3) is 0 Å². The van der Waals surface area contributed by atoms with Crippen molar-refractivity contribution in [3.63, 3.8) is 0 Å². The minimum absolute atomic E-state index is 0.298. The van der Waals surface area contributed by atoms with Gasteiger partial charge in [-0.2, -0.15) is 5.10 Å². The van der Waals surface area contributed by atoms with Crippen LogP contribution in [0.4, 0.5) is 10.6 Å². The Labute approximate surface area is 151 Å². The monoisotopic (exact) mass is 351 g/mol. The number of carbonyl (C=O) groups is 1. The Balaban J connectivity index is 1.40. The van der Waals surface area contributed by atoms with Crippen molar-refractivity contribution in [1.29, 1.82) is 0 Å². The summed E-state index contributed by atoms with van der Waals surface area (Å²) in [5.74, 6) is 2.42. The van der Waals surface area contributed by atoms with Gasteiger partial charge in [-0.15, -0.1) is 10.2 Å². The van der Waals surface area contributed by atoms with Crippen molar-refractivity contribution < 1.29 is 4.79 Å². The molecule has 0 saturated carbocycles. The zero-order valence-corrected chi connectivity index (χ0v) is 14.4. The third kappa shape index (κ3) is 3.44. The van der Waals surface area contributed by atoms with Crippen molar-refractivity contribution >= 4 is 11.8 Å². The number of anilines is 1. The molecular weight excluding hydrogens is 330 g/mol. The van der Waals surface area contributed by atoms with Crippen molar-refractivity contribution in [3.05, 3.63) is 54.2 Å². The number of hydrogen-bond donors (Lipinski definition) is 2. The summed E-state index contributed by atoms with van der Waals surface area (Å²) in [6.07, 6.45) is 6.09. The molecule has 8 nitrogen and oxygen atoms in total. The third-order valence-corrected chi connectivity index (χ3v) is 4.48. The number of fused-ring (bicyclic) bond motifs is 1. The van der Waals surface area contributed by atoms with Gasteiger partial charge in [0, 0.05) is 19.0 Å². The number of urea groups is 1. The Bertz CT molecular complexity index is 884. The molecule has 0 aliphatic carbocycles. The summed E-state index contributed by atoms with van der Waals surface area (Å²) < 4.78 is 3.81. The van der Waals surface area contributed by atoms with Crippen molar-refractivity contribution in [3.8, 4) is 5.69 Å². The molecule has 0 fully saturated rings. The summed E-state index contributed by atoms with van der Waals surface area (Å²) in [5, 5.41) is 18.4. The zero-order valence-electron chi connectivity index (χ0n) is 14.4. The van der Waals surface area contributed by atoms with Gasteiger partial charge in [-0.05, 0) is 25.0 Å². The number of nitrogens with zero attached hydrogens (tertiary/aromatic N) is 5. The number of para-hydroxylation sites is 1. The molecule has 1 aromatic carbocycles. The molecule has 0 unspecified atom stereocenters. The first kappa shape index (κ1) is 16.3. The predicted molar refractivity (Wildman–Crippen MR) is 97.0 cm³/mol. The molecule has 0 spiro atoms. The van der Waals surface area contributed by atoms with Gasteiger partial charge >= 0.3 is 6.03 Å².